The minimum atomic E-state index is -0.246. The van der Waals surface area contributed by atoms with Crippen LogP contribution in [0.2, 0.25) is 0 Å². The number of aromatic nitrogens is 2. The van der Waals surface area contributed by atoms with Crippen molar-refractivity contribution in [3.63, 3.8) is 0 Å². The number of rotatable bonds is 5. The molecule has 0 unspecified atom stereocenters. The number of ether oxygens (including phenoxy) is 2. The van der Waals surface area contributed by atoms with Gasteiger partial charge in [0.2, 0.25) is 0 Å². The number of amides is 1. The number of hydrogen-bond donors (Lipinski definition) is 0. The van der Waals surface area contributed by atoms with Crippen LogP contribution in [0.3, 0.4) is 0 Å². The Balaban J connectivity index is 1.37. The summed E-state index contributed by atoms with van der Waals surface area (Å²) in [4.78, 5) is 22.0. The van der Waals surface area contributed by atoms with E-state index < -0.39 is 0 Å². The van der Waals surface area contributed by atoms with Gasteiger partial charge in [-0.25, -0.2) is 14.8 Å². The lowest BCUT2D eigenvalue weighted by Gasteiger charge is -2.31. The maximum Gasteiger partial charge on any atom is 0.410 e. The molecule has 1 saturated heterocycles. The lowest BCUT2D eigenvalue weighted by molar-refractivity contribution is 0.0760. The molecule has 6 nitrogen and oxygen atoms in total. The van der Waals surface area contributed by atoms with Gasteiger partial charge in [-0.15, -0.1) is 0 Å². The van der Waals surface area contributed by atoms with Crippen molar-refractivity contribution < 1.29 is 14.3 Å². The van der Waals surface area contributed by atoms with Crippen LogP contribution in [0.1, 0.15) is 18.4 Å². The molecule has 1 aliphatic heterocycles. The van der Waals surface area contributed by atoms with Gasteiger partial charge in [0.25, 0.3) is 0 Å². The summed E-state index contributed by atoms with van der Waals surface area (Å²) < 4.78 is 11.6. The standard InChI is InChI=1S/C18H20BrN3O3/c19-17-20-10-16(11-21-17)24-12-15-6-8-22(9-7-15)18(23)25-13-14-4-2-1-3-5-14/h1-5,10-11,15H,6-9,12-13H2. The summed E-state index contributed by atoms with van der Waals surface area (Å²) in [7, 11) is 0. The third kappa shape index (κ3) is 5.42. The van der Waals surface area contributed by atoms with Crippen molar-refractivity contribution in [1.29, 1.82) is 0 Å². The maximum atomic E-state index is 12.1. The van der Waals surface area contributed by atoms with Gasteiger partial charge in [0.1, 0.15) is 6.61 Å². The third-order valence-electron chi connectivity index (χ3n) is 4.16. The first-order valence-electron chi connectivity index (χ1n) is 8.26. The van der Waals surface area contributed by atoms with Crippen LogP contribution < -0.4 is 4.74 Å². The van der Waals surface area contributed by atoms with Crippen molar-refractivity contribution in [2.75, 3.05) is 19.7 Å². The molecule has 2 heterocycles. The van der Waals surface area contributed by atoms with E-state index in [2.05, 4.69) is 25.9 Å². The quantitative estimate of drug-likeness (QED) is 0.709. The lowest BCUT2D eigenvalue weighted by atomic mass is 9.98. The van der Waals surface area contributed by atoms with Gasteiger partial charge in [0.15, 0.2) is 10.5 Å². The van der Waals surface area contributed by atoms with Crippen molar-refractivity contribution in [1.82, 2.24) is 14.9 Å². The van der Waals surface area contributed by atoms with Crippen LogP contribution in [0.4, 0.5) is 4.79 Å². The molecule has 0 saturated carbocycles. The topological polar surface area (TPSA) is 64.5 Å². The van der Waals surface area contributed by atoms with E-state index in [1.54, 1.807) is 17.3 Å². The summed E-state index contributed by atoms with van der Waals surface area (Å²) >= 11 is 3.19. The molecule has 0 atom stereocenters. The van der Waals surface area contributed by atoms with Gasteiger partial charge >= 0.3 is 6.09 Å². The molecule has 7 heteroatoms. The highest BCUT2D eigenvalue weighted by Crippen LogP contribution is 2.20. The minimum Gasteiger partial charge on any atom is -0.490 e. The van der Waals surface area contributed by atoms with Crippen molar-refractivity contribution in [3.8, 4) is 5.75 Å². The molecule has 132 valence electrons. The first kappa shape index (κ1) is 17.7. The molecular weight excluding hydrogens is 386 g/mol. The van der Waals surface area contributed by atoms with Gasteiger partial charge in [-0.3, -0.25) is 0 Å². The Labute approximate surface area is 155 Å². The van der Waals surface area contributed by atoms with E-state index in [0.29, 0.717) is 42.7 Å². The number of likely N-dealkylation sites (tertiary alicyclic amines) is 1. The zero-order valence-corrected chi connectivity index (χ0v) is 15.4. The molecule has 0 radical (unpaired) electrons. The number of nitrogens with zero attached hydrogens (tertiary/aromatic N) is 3. The molecule has 2 aromatic rings. The molecule has 0 bridgehead atoms. The number of halogens is 1. The molecule has 0 aliphatic carbocycles. The van der Waals surface area contributed by atoms with Crippen LogP contribution in [0.5, 0.6) is 5.75 Å². The summed E-state index contributed by atoms with van der Waals surface area (Å²) in [6, 6.07) is 9.71. The highest BCUT2D eigenvalue weighted by molar-refractivity contribution is 9.10. The van der Waals surface area contributed by atoms with Gasteiger partial charge in [0.05, 0.1) is 19.0 Å². The van der Waals surface area contributed by atoms with E-state index in [9.17, 15) is 4.79 Å². The van der Waals surface area contributed by atoms with Crippen LogP contribution in [-0.2, 0) is 11.3 Å². The number of hydrogen-bond acceptors (Lipinski definition) is 5. The normalized spacial score (nSPS) is 15.0. The van der Waals surface area contributed by atoms with E-state index >= 15 is 0 Å². The highest BCUT2D eigenvalue weighted by Gasteiger charge is 2.24. The molecule has 1 aliphatic rings. The number of benzene rings is 1. The molecule has 1 aromatic carbocycles. The monoisotopic (exact) mass is 405 g/mol. The van der Waals surface area contributed by atoms with E-state index in [0.717, 1.165) is 18.4 Å². The number of carbonyl (C=O) groups is 1. The summed E-state index contributed by atoms with van der Waals surface area (Å²) in [6.07, 6.45) is 4.85. The van der Waals surface area contributed by atoms with Crippen LogP contribution >= 0.6 is 15.9 Å². The zero-order chi connectivity index (χ0) is 17.5. The Kier molecular flexibility index (Phi) is 6.22. The van der Waals surface area contributed by atoms with Gasteiger partial charge < -0.3 is 14.4 Å². The first-order valence-corrected chi connectivity index (χ1v) is 9.06. The molecule has 0 N–H and O–H groups in total. The Morgan fingerprint density at radius 2 is 1.84 bits per heavy atom. The Bertz CT molecular complexity index is 674. The number of carbonyl (C=O) groups excluding carboxylic acids is 1. The maximum absolute atomic E-state index is 12.1. The van der Waals surface area contributed by atoms with Gasteiger partial charge in [0, 0.05) is 13.1 Å². The molecule has 0 spiro atoms. The van der Waals surface area contributed by atoms with Crippen molar-refractivity contribution in [2.45, 2.75) is 19.4 Å². The van der Waals surface area contributed by atoms with Crippen molar-refractivity contribution in [2.24, 2.45) is 5.92 Å². The van der Waals surface area contributed by atoms with E-state index in [-0.39, 0.29) is 6.09 Å². The molecule has 3 rings (SSSR count). The Hall–Kier alpha value is -2.15. The molecule has 25 heavy (non-hydrogen) atoms. The zero-order valence-electron chi connectivity index (χ0n) is 13.8. The van der Waals surface area contributed by atoms with Crippen LogP contribution in [-0.4, -0.2) is 40.7 Å². The van der Waals surface area contributed by atoms with Crippen molar-refractivity contribution in [3.05, 3.63) is 53.0 Å². The van der Waals surface area contributed by atoms with E-state index in [4.69, 9.17) is 9.47 Å². The van der Waals surface area contributed by atoms with Gasteiger partial charge in [-0.1, -0.05) is 30.3 Å². The van der Waals surface area contributed by atoms with Crippen LogP contribution in [0, 0.1) is 5.92 Å². The fourth-order valence-electron chi connectivity index (χ4n) is 2.68. The summed E-state index contributed by atoms with van der Waals surface area (Å²) in [5, 5.41) is 0. The highest BCUT2D eigenvalue weighted by atomic mass is 79.9. The average molecular weight is 406 g/mol. The lowest BCUT2D eigenvalue weighted by Crippen LogP contribution is -2.39. The Morgan fingerprint density at radius 3 is 2.52 bits per heavy atom. The summed E-state index contributed by atoms with van der Waals surface area (Å²) in [6.45, 7) is 2.31. The predicted molar refractivity (Wildman–Crippen MR) is 96.2 cm³/mol. The minimum absolute atomic E-state index is 0.246. The second-order valence-electron chi connectivity index (χ2n) is 5.97. The Morgan fingerprint density at radius 1 is 1.16 bits per heavy atom. The van der Waals surface area contributed by atoms with Gasteiger partial charge in [-0.2, -0.15) is 0 Å². The smallest absolute Gasteiger partial charge is 0.410 e. The average Bonchev–Trinajstić information content (AvgIpc) is 2.67. The van der Waals surface area contributed by atoms with Crippen molar-refractivity contribution >= 4 is 22.0 Å². The SMILES string of the molecule is O=C(OCc1ccccc1)N1CCC(COc2cnc(Br)nc2)CC1. The van der Waals surface area contributed by atoms with E-state index in [1.165, 1.54) is 0 Å². The van der Waals surface area contributed by atoms with Gasteiger partial charge in [-0.05, 0) is 40.3 Å². The molecule has 1 fully saturated rings. The first-order chi connectivity index (χ1) is 12.2. The molecule has 1 amide bonds. The fraction of sp³-hybridized carbons (Fsp3) is 0.389. The third-order valence-corrected chi connectivity index (χ3v) is 4.57. The predicted octanol–water partition coefficient (Wildman–Crippen LogP) is 3.67. The summed E-state index contributed by atoms with van der Waals surface area (Å²) in [5.74, 6) is 1.08. The summed E-state index contributed by atoms with van der Waals surface area (Å²) in [5.41, 5.74) is 0.996. The molecular formula is C18H20BrN3O3. The van der Waals surface area contributed by atoms with Crippen LogP contribution in [0.25, 0.3) is 0 Å². The second kappa shape index (κ2) is 8.80. The second-order valence-corrected chi connectivity index (χ2v) is 6.68. The molecule has 1 aromatic heterocycles. The fourth-order valence-corrected chi connectivity index (χ4v) is 2.89. The van der Waals surface area contributed by atoms with E-state index in [1.807, 2.05) is 30.3 Å². The largest absolute Gasteiger partial charge is 0.490 e. The van der Waals surface area contributed by atoms with Crippen LogP contribution in [0.15, 0.2) is 47.5 Å². The number of piperidine rings is 1.